The molecule has 102 valence electrons. The summed E-state index contributed by atoms with van der Waals surface area (Å²) >= 11 is 1.12. The molecule has 2 rings (SSSR count). The van der Waals surface area contributed by atoms with Crippen LogP contribution < -0.4 is 5.32 Å². The van der Waals surface area contributed by atoms with Gasteiger partial charge < -0.3 is 5.11 Å². The first-order valence-corrected chi connectivity index (χ1v) is 6.44. The summed E-state index contributed by atoms with van der Waals surface area (Å²) in [6.07, 6.45) is 2.50. The van der Waals surface area contributed by atoms with E-state index >= 15 is 0 Å². The normalized spacial score (nSPS) is 10.7. The SMILES string of the molecule is Cc1nsc(NC(=O)c2ccc(/C=C/C(=O)O)cc2)n1. The Hall–Kier alpha value is -2.54. The van der Waals surface area contributed by atoms with Crippen LogP contribution in [0.5, 0.6) is 0 Å². The van der Waals surface area contributed by atoms with Crippen LogP contribution in [-0.2, 0) is 4.79 Å². The second-order valence-corrected chi connectivity index (χ2v) is 4.65. The lowest BCUT2D eigenvalue weighted by atomic mass is 10.1. The number of benzene rings is 1. The number of carboxylic acids is 1. The lowest BCUT2D eigenvalue weighted by Gasteiger charge is -2.01. The molecule has 0 bridgehead atoms. The standard InChI is InChI=1S/C13H11N3O3S/c1-8-14-13(20-16-8)15-12(19)10-5-2-9(3-6-10)4-7-11(17)18/h2-7H,1H3,(H,17,18)(H,14,15,16,19)/b7-4+. The summed E-state index contributed by atoms with van der Waals surface area (Å²) in [5.41, 5.74) is 1.17. The van der Waals surface area contributed by atoms with E-state index in [-0.39, 0.29) is 5.91 Å². The predicted octanol–water partition coefficient (Wildman–Crippen LogP) is 2.20. The quantitative estimate of drug-likeness (QED) is 0.842. The molecule has 0 radical (unpaired) electrons. The second-order valence-electron chi connectivity index (χ2n) is 3.89. The summed E-state index contributed by atoms with van der Waals surface area (Å²) in [5.74, 6) is -0.687. The first-order valence-electron chi connectivity index (χ1n) is 5.67. The van der Waals surface area contributed by atoms with Crippen LogP contribution in [0, 0.1) is 6.92 Å². The summed E-state index contributed by atoms with van der Waals surface area (Å²) in [6.45, 7) is 1.75. The first kappa shape index (κ1) is 13.9. The Kier molecular flexibility index (Phi) is 4.21. The van der Waals surface area contributed by atoms with Crippen LogP contribution >= 0.6 is 11.5 Å². The van der Waals surface area contributed by atoms with Crippen LogP contribution in [-0.4, -0.2) is 26.3 Å². The number of anilines is 1. The molecule has 0 aliphatic carbocycles. The molecule has 0 unspecified atom stereocenters. The van der Waals surface area contributed by atoms with Crippen molar-refractivity contribution in [3.05, 3.63) is 47.3 Å². The van der Waals surface area contributed by atoms with Crippen LogP contribution in [0.1, 0.15) is 21.7 Å². The smallest absolute Gasteiger partial charge is 0.328 e. The number of hydrogen-bond donors (Lipinski definition) is 2. The second kappa shape index (κ2) is 6.07. The number of carboxylic acid groups (broad SMARTS) is 1. The van der Waals surface area contributed by atoms with Gasteiger partial charge in [-0.15, -0.1) is 0 Å². The molecule has 7 heteroatoms. The highest BCUT2D eigenvalue weighted by atomic mass is 32.1. The highest BCUT2D eigenvalue weighted by Gasteiger charge is 2.08. The first-order chi connectivity index (χ1) is 9.54. The van der Waals surface area contributed by atoms with Crippen molar-refractivity contribution in [3.8, 4) is 0 Å². The number of aryl methyl sites for hydroxylation is 1. The molecule has 6 nitrogen and oxygen atoms in total. The number of nitrogens with one attached hydrogen (secondary N) is 1. The fourth-order valence-corrected chi connectivity index (χ4v) is 2.00. The molecule has 1 aromatic carbocycles. The number of aliphatic carboxylic acids is 1. The third-order valence-electron chi connectivity index (χ3n) is 2.34. The van der Waals surface area contributed by atoms with Crippen molar-refractivity contribution in [1.82, 2.24) is 9.36 Å². The van der Waals surface area contributed by atoms with Crippen molar-refractivity contribution in [2.75, 3.05) is 5.32 Å². The maximum atomic E-state index is 11.9. The molecule has 0 aliphatic rings. The molecule has 2 aromatic rings. The minimum atomic E-state index is -1.02. The van der Waals surface area contributed by atoms with Gasteiger partial charge in [0.05, 0.1) is 0 Å². The maximum Gasteiger partial charge on any atom is 0.328 e. The van der Waals surface area contributed by atoms with E-state index in [9.17, 15) is 9.59 Å². The molecular formula is C13H11N3O3S. The number of amides is 1. The van der Waals surface area contributed by atoms with E-state index in [4.69, 9.17) is 5.11 Å². The Morgan fingerprint density at radius 3 is 2.55 bits per heavy atom. The minimum Gasteiger partial charge on any atom is -0.478 e. The maximum absolute atomic E-state index is 11.9. The largest absolute Gasteiger partial charge is 0.478 e. The lowest BCUT2D eigenvalue weighted by molar-refractivity contribution is -0.131. The summed E-state index contributed by atoms with van der Waals surface area (Å²) in [4.78, 5) is 26.3. The fraction of sp³-hybridized carbons (Fsp3) is 0.0769. The summed E-state index contributed by atoms with van der Waals surface area (Å²) in [6, 6.07) is 6.56. The Balaban J connectivity index is 2.05. The van der Waals surface area contributed by atoms with Gasteiger partial charge in [0.2, 0.25) is 5.13 Å². The zero-order chi connectivity index (χ0) is 14.5. The zero-order valence-corrected chi connectivity index (χ0v) is 11.3. The third-order valence-corrected chi connectivity index (χ3v) is 3.06. The molecule has 0 fully saturated rings. The number of carbonyl (C=O) groups excluding carboxylic acids is 1. The average molecular weight is 289 g/mol. The van der Waals surface area contributed by atoms with Crippen molar-refractivity contribution in [2.24, 2.45) is 0 Å². The lowest BCUT2D eigenvalue weighted by Crippen LogP contribution is -2.11. The van der Waals surface area contributed by atoms with E-state index in [1.165, 1.54) is 6.08 Å². The van der Waals surface area contributed by atoms with E-state index in [0.29, 0.717) is 22.1 Å². The van der Waals surface area contributed by atoms with Crippen molar-refractivity contribution >= 4 is 34.6 Å². The van der Waals surface area contributed by atoms with Gasteiger partial charge in [-0.25, -0.2) is 9.78 Å². The molecule has 1 aromatic heterocycles. The van der Waals surface area contributed by atoms with Crippen LogP contribution in [0.3, 0.4) is 0 Å². The van der Waals surface area contributed by atoms with Gasteiger partial charge in [0, 0.05) is 23.2 Å². The van der Waals surface area contributed by atoms with Gasteiger partial charge in [0.25, 0.3) is 5.91 Å². The molecular weight excluding hydrogens is 278 g/mol. The van der Waals surface area contributed by atoms with Crippen molar-refractivity contribution in [3.63, 3.8) is 0 Å². The van der Waals surface area contributed by atoms with Crippen molar-refractivity contribution < 1.29 is 14.7 Å². The number of carbonyl (C=O) groups is 2. The van der Waals surface area contributed by atoms with Crippen LogP contribution in [0.25, 0.3) is 6.08 Å². The molecule has 0 saturated carbocycles. The molecule has 0 atom stereocenters. The summed E-state index contributed by atoms with van der Waals surface area (Å²) in [5, 5.41) is 11.6. The Morgan fingerprint density at radius 1 is 1.30 bits per heavy atom. The third kappa shape index (κ3) is 3.72. The zero-order valence-electron chi connectivity index (χ0n) is 10.5. The van der Waals surface area contributed by atoms with Gasteiger partial charge >= 0.3 is 5.97 Å². The topological polar surface area (TPSA) is 92.2 Å². The highest BCUT2D eigenvalue weighted by Crippen LogP contribution is 2.13. The molecule has 0 aliphatic heterocycles. The van der Waals surface area contributed by atoms with Gasteiger partial charge in [-0.05, 0) is 30.7 Å². The summed E-state index contributed by atoms with van der Waals surface area (Å²) in [7, 11) is 0. The number of hydrogen-bond acceptors (Lipinski definition) is 5. The minimum absolute atomic E-state index is 0.282. The fourth-order valence-electron chi connectivity index (χ4n) is 1.43. The number of aromatic nitrogens is 2. The van der Waals surface area contributed by atoms with Crippen molar-refractivity contribution in [2.45, 2.75) is 6.92 Å². The molecule has 1 amide bonds. The molecule has 1 heterocycles. The Bertz CT molecular complexity index is 662. The molecule has 20 heavy (non-hydrogen) atoms. The van der Waals surface area contributed by atoms with Crippen LogP contribution in [0.4, 0.5) is 5.13 Å². The number of nitrogens with zero attached hydrogens (tertiary/aromatic N) is 2. The Morgan fingerprint density at radius 2 is 2.00 bits per heavy atom. The molecule has 2 N–H and O–H groups in total. The van der Waals surface area contributed by atoms with Gasteiger partial charge in [0.1, 0.15) is 5.82 Å². The predicted molar refractivity (Wildman–Crippen MR) is 75.7 cm³/mol. The monoisotopic (exact) mass is 289 g/mol. The van der Waals surface area contributed by atoms with Crippen molar-refractivity contribution in [1.29, 1.82) is 0 Å². The van der Waals surface area contributed by atoms with Crippen LogP contribution in [0.2, 0.25) is 0 Å². The van der Waals surface area contributed by atoms with Gasteiger partial charge in [-0.1, -0.05) is 12.1 Å². The van der Waals surface area contributed by atoms with E-state index in [1.807, 2.05) is 0 Å². The Labute approximate surface area is 119 Å². The van der Waals surface area contributed by atoms with E-state index in [2.05, 4.69) is 14.7 Å². The number of rotatable bonds is 4. The molecule has 0 spiro atoms. The van der Waals surface area contributed by atoms with E-state index in [1.54, 1.807) is 31.2 Å². The summed E-state index contributed by atoms with van der Waals surface area (Å²) < 4.78 is 3.97. The van der Waals surface area contributed by atoms with E-state index < -0.39 is 5.97 Å². The van der Waals surface area contributed by atoms with Gasteiger partial charge in [0.15, 0.2) is 0 Å². The molecule has 0 saturated heterocycles. The van der Waals surface area contributed by atoms with E-state index in [0.717, 1.165) is 17.6 Å². The van der Waals surface area contributed by atoms with Gasteiger partial charge in [-0.2, -0.15) is 4.37 Å². The highest BCUT2D eigenvalue weighted by molar-refractivity contribution is 7.09. The van der Waals surface area contributed by atoms with Crippen LogP contribution in [0.15, 0.2) is 30.3 Å². The van der Waals surface area contributed by atoms with Gasteiger partial charge in [-0.3, -0.25) is 10.1 Å². The average Bonchev–Trinajstić information content (AvgIpc) is 2.82.